The first-order chi connectivity index (χ1) is 9.11. The Bertz CT molecular complexity index is 419. The number of aliphatic hydroxyl groups excluding tert-OH is 1. The SMILES string of the molecule is CCC1CCCCC1C(O)Cc1ccc(F)c(F)c1. The normalized spacial score (nSPS) is 25.3. The molecule has 0 heterocycles. The highest BCUT2D eigenvalue weighted by atomic mass is 19.2. The fourth-order valence-corrected chi connectivity index (χ4v) is 3.31. The van der Waals surface area contributed by atoms with E-state index in [2.05, 4.69) is 6.92 Å². The first-order valence-corrected chi connectivity index (χ1v) is 7.23. The number of halogens is 2. The molecule has 1 nitrogen and oxygen atoms in total. The molecular weight excluding hydrogens is 246 g/mol. The summed E-state index contributed by atoms with van der Waals surface area (Å²) in [6.07, 6.45) is 5.68. The van der Waals surface area contributed by atoms with Crippen LogP contribution >= 0.6 is 0 Å². The van der Waals surface area contributed by atoms with E-state index in [1.54, 1.807) is 6.07 Å². The maximum Gasteiger partial charge on any atom is 0.159 e. The predicted molar refractivity (Wildman–Crippen MR) is 71.8 cm³/mol. The number of aliphatic hydroxyl groups is 1. The lowest BCUT2D eigenvalue weighted by Crippen LogP contribution is -2.32. The van der Waals surface area contributed by atoms with Crippen LogP contribution < -0.4 is 0 Å². The summed E-state index contributed by atoms with van der Waals surface area (Å²) in [5.41, 5.74) is 0.673. The highest BCUT2D eigenvalue weighted by molar-refractivity contribution is 5.18. The second kappa shape index (κ2) is 6.47. The number of hydrogen-bond donors (Lipinski definition) is 1. The Morgan fingerprint density at radius 3 is 2.63 bits per heavy atom. The zero-order valence-electron chi connectivity index (χ0n) is 11.4. The molecule has 0 spiro atoms. The fraction of sp³-hybridized carbons (Fsp3) is 0.625. The van der Waals surface area contributed by atoms with E-state index < -0.39 is 17.7 Å². The molecular formula is C16H22F2O. The van der Waals surface area contributed by atoms with Crippen LogP contribution in [0.25, 0.3) is 0 Å². The Morgan fingerprint density at radius 2 is 1.95 bits per heavy atom. The third kappa shape index (κ3) is 3.53. The van der Waals surface area contributed by atoms with Gasteiger partial charge in [-0.15, -0.1) is 0 Å². The second-order valence-corrected chi connectivity index (χ2v) is 5.64. The van der Waals surface area contributed by atoms with Crippen LogP contribution in [0.15, 0.2) is 18.2 Å². The lowest BCUT2D eigenvalue weighted by atomic mass is 9.74. The lowest BCUT2D eigenvalue weighted by Gasteiger charge is -2.34. The monoisotopic (exact) mass is 268 g/mol. The molecule has 3 atom stereocenters. The minimum absolute atomic E-state index is 0.298. The van der Waals surface area contributed by atoms with Crippen LogP contribution in [-0.2, 0) is 6.42 Å². The Morgan fingerprint density at radius 1 is 1.21 bits per heavy atom. The Hall–Kier alpha value is -0.960. The quantitative estimate of drug-likeness (QED) is 0.872. The van der Waals surface area contributed by atoms with Gasteiger partial charge in [-0.3, -0.25) is 0 Å². The van der Waals surface area contributed by atoms with Gasteiger partial charge in [-0.05, 0) is 42.4 Å². The minimum atomic E-state index is -0.833. The van der Waals surface area contributed by atoms with Crippen LogP contribution in [0, 0.1) is 23.5 Å². The topological polar surface area (TPSA) is 20.2 Å². The molecule has 1 aromatic carbocycles. The van der Waals surface area contributed by atoms with E-state index in [1.165, 1.54) is 18.9 Å². The summed E-state index contributed by atoms with van der Waals surface area (Å²) in [4.78, 5) is 0. The fourth-order valence-electron chi connectivity index (χ4n) is 3.31. The highest BCUT2D eigenvalue weighted by Gasteiger charge is 2.29. The molecule has 0 radical (unpaired) electrons. The summed E-state index contributed by atoms with van der Waals surface area (Å²) in [5, 5.41) is 10.4. The predicted octanol–water partition coefficient (Wildman–Crippen LogP) is 4.08. The van der Waals surface area contributed by atoms with Gasteiger partial charge in [0.2, 0.25) is 0 Å². The van der Waals surface area contributed by atoms with Crippen molar-refractivity contribution in [1.29, 1.82) is 0 Å². The smallest absolute Gasteiger partial charge is 0.159 e. The number of rotatable bonds is 4. The summed E-state index contributed by atoms with van der Waals surface area (Å²) in [7, 11) is 0. The van der Waals surface area contributed by atoms with E-state index in [0.717, 1.165) is 25.3 Å². The summed E-state index contributed by atoms with van der Waals surface area (Å²) < 4.78 is 26.0. The van der Waals surface area contributed by atoms with Crippen LogP contribution in [0.5, 0.6) is 0 Å². The first-order valence-electron chi connectivity index (χ1n) is 7.23. The van der Waals surface area contributed by atoms with Crippen LogP contribution in [-0.4, -0.2) is 11.2 Å². The summed E-state index contributed by atoms with van der Waals surface area (Å²) >= 11 is 0. The molecule has 1 aliphatic rings. The van der Waals surface area contributed by atoms with Gasteiger partial charge in [0.05, 0.1) is 6.10 Å². The van der Waals surface area contributed by atoms with E-state index >= 15 is 0 Å². The molecule has 1 aromatic rings. The van der Waals surface area contributed by atoms with E-state index in [4.69, 9.17) is 0 Å². The summed E-state index contributed by atoms with van der Waals surface area (Å²) in [6.45, 7) is 2.16. The average molecular weight is 268 g/mol. The summed E-state index contributed by atoms with van der Waals surface area (Å²) in [5.74, 6) is -0.802. The largest absolute Gasteiger partial charge is 0.392 e. The molecule has 106 valence electrons. The number of hydrogen-bond acceptors (Lipinski definition) is 1. The molecule has 0 bridgehead atoms. The van der Waals surface area contributed by atoms with Gasteiger partial charge in [-0.25, -0.2) is 8.78 Å². The Balaban J connectivity index is 2.02. The van der Waals surface area contributed by atoms with Crippen molar-refractivity contribution in [2.75, 3.05) is 0 Å². The Labute approximate surface area is 113 Å². The Kier molecular flexibility index (Phi) is 4.92. The molecule has 0 saturated heterocycles. The van der Waals surface area contributed by atoms with Crippen molar-refractivity contribution in [3.8, 4) is 0 Å². The van der Waals surface area contributed by atoms with Gasteiger partial charge in [-0.2, -0.15) is 0 Å². The van der Waals surface area contributed by atoms with Gasteiger partial charge in [0, 0.05) is 0 Å². The second-order valence-electron chi connectivity index (χ2n) is 5.64. The van der Waals surface area contributed by atoms with Crippen molar-refractivity contribution >= 4 is 0 Å². The molecule has 1 N–H and O–H groups in total. The standard InChI is InChI=1S/C16H22F2O/c1-2-12-5-3-4-6-13(12)16(19)10-11-7-8-14(17)15(18)9-11/h7-9,12-13,16,19H,2-6,10H2,1H3. The van der Waals surface area contributed by atoms with Gasteiger partial charge in [0.1, 0.15) is 0 Å². The third-order valence-electron chi connectivity index (χ3n) is 4.42. The van der Waals surface area contributed by atoms with Crippen molar-refractivity contribution in [2.24, 2.45) is 11.8 Å². The number of benzene rings is 1. The van der Waals surface area contributed by atoms with Crippen molar-refractivity contribution in [3.05, 3.63) is 35.4 Å². The van der Waals surface area contributed by atoms with Gasteiger partial charge < -0.3 is 5.11 Å². The van der Waals surface area contributed by atoms with Crippen LogP contribution in [0.4, 0.5) is 8.78 Å². The van der Waals surface area contributed by atoms with E-state index in [9.17, 15) is 13.9 Å². The van der Waals surface area contributed by atoms with Crippen LogP contribution in [0.2, 0.25) is 0 Å². The van der Waals surface area contributed by atoms with Gasteiger partial charge in [0.15, 0.2) is 11.6 Å². The molecule has 1 saturated carbocycles. The lowest BCUT2D eigenvalue weighted by molar-refractivity contribution is 0.0464. The molecule has 0 amide bonds. The first kappa shape index (κ1) is 14.4. The van der Waals surface area contributed by atoms with E-state index in [-0.39, 0.29) is 0 Å². The summed E-state index contributed by atoms with van der Waals surface area (Å²) in [6, 6.07) is 3.89. The molecule has 0 aromatic heterocycles. The molecule has 3 unspecified atom stereocenters. The maximum atomic E-state index is 13.2. The molecule has 2 rings (SSSR count). The van der Waals surface area contributed by atoms with Crippen LogP contribution in [0.1, 0.15) is 44.6 Å². The minimum Gasteiger partial charge on any atom is -0.392 e. The maximum absolute atomic E-state index is 13.2. The van der Waals surface area contributed by atoms with Gasteiger partial charge in [-0.1, -0.05) is 38.7 Å². The van der Waals surface area contributed by atoms with Gasteiger partial charge >= 0.3 is 0 Å². The zero-order valence-corrected chi connectivity index (χ0v) is 11.4. The van der Waals surface area contributed by atoms with Crippen molar-refractivity contribution in [3.63, 3.8) is 0 Å². The van der Waals surface area contributed by atoms with E-state index in [0.29, 0.717) is 23.8 Å². The highest BCUT2D eigenvalue weighted by Crippen LogP contribution is 2.35. The van der Waals surface area contributed by atoms with E-state index in [1.807, 2.05) is 0 Å². The zero-order chi connectivity index (χ0) is 13.8. The van der Waals surface area contributed by atoms with Crippen molar-refractivity contribution in [1.82, 2.24) is 0 Å². The van der Waals surface area contributed by atoms with Crippen molar-refractivity contribution < 1.29 is 13.9 Å². The molecule has 19 heavy (non-hydrogen) atoms. The molecule has 1 fully saturated rings. The molecule has 0 aliphatic heterocycles. The van der Waals surface area contributed by atoms with Crippen LogP contribution in [0.3, 0.4) is 0 Å². The molecule has 1 aliphatic carbocycles. The average Bonchev–Trinajstić information content (AvgIpc) is 2.43. The third-order valence-corrected chi connectivity index (χ3v) is 4.42. The molecule has 3 heteroatoms. The van der Waals surface area contributed by atoms with Crippen molar-refractivity contribution in [2.45, 2.75) is 51.6 Å². The van der Waals surface area contributed by atoms with Gasteiger partial charge in [0.25, 0.3) is 0 Å².